The number of aromatic hydroxyl groups is 1. The highest BCUT2D eigenvalue weighted by atomic mass is 19.1. The van der Waals surface area contributed by atoms with Crippen molar-refractivity contribution in [3.05, 3.63) is 42.2 Å². The monoisotopic (exact) mass is 253 g/mol. The number of phenolic OH excluding ortho intramolecular Hbond substituents is 1. The molecule has 1 atom stereocenters. The summed E-state index contributed by atoms with van der Waals surface area (Å²) in [6, 6.07) is 2.99. The molecule has 1 aromatic rings. The first-order valence-electron chi connectivity index (χ1n) is 5.59. The average molecular weight is 253 g/mol. The molecule has 1 aromatic carbocycles. The van der Waals surface area contributed by atoms with Gasteiger partial charge in [-0.3, -0.25) is 5.32 Å². The Morgan fingerprint density at radius 1 is 1.67 bits per heavy atom. The molecule has 0 saturated heterocycles. The van der Waals surface area contributed by atoms with Gasteiger partial charge in [0.25, 0.3) is 0 Å². The molecule has 5 heteroatoms. The molecular weight excluding hydrogens is 237 g/mol. The highest BCUT2D eigenvalue weighted by Gasteiger charge is 2.21. The fourth-order valence-electron chi connectivity index (χ4n) is 1.47. The van der Waals surface area contributed by atoms with E-state index in [0.29, 0.717) is 12.1 Å². The van der Waals surface area contributed by atoms with Crippen LogP contribution in [0.15, 0.2) is 30.9 Å². The third kappa shape index (κ3) is 3.56. The average Bonchev–Trinajstić information content (AvgIpc) is 2.34. The van der Waals surface area contributed by atoms with E-state index in [-0.39, 0.29) is 6.61 Å². The Balaban J connectivity index is 2.96. The van der Waals surface area contributed by atoms with E-state index in [1.54, 1.807) is 13.0 Å². The summed E-state index contributed by atoms with van der Waals surface area (Å²) in [5.41, 5.74) is 0.394. The van der Waals surface area contributed by atoms with Crippen molar-refractivity contribution in [2.24, 2.45) is 0 Å². The van der Waals surface area contributed by atoms with Crippen LogP contribution in [-0.2, 0) is 9.53 Å². The molecule has 0 saturated carbocycles. The lowest BCUT2D eigenvalue weighted by Gasteiger charge is -2.17. The molecule has 0 fully saturated rings. The molecule has 0 aromatic heterocycles. The Kier molecular flexibility index (Phi) is 5.32. The number of benzene rings is 1. The molecule has 2 N–H and O–H groups in total. The van der Waals surface area contributed by atoms with Crippen molar-refractivity contribution in [1.82, 2.24) is 5.32 Å². The molecule has 0 heterocycles. The number of halogens is 1. The molecule has 0 aliphatic rings. The molecule has 0 aliphatic carbocycles. The molecular formula is C13H16FNO3. The first-order valence-corrected chi connectivity index (χ1v) is 5.59. The van der Waals surface area contributed by atoms with E-state index in [9.17, 15) is 9.18 Å². The Morgan fingerprint density at radius 2 is 2.39 bits per heavy atom. The van der Waals surface area contributed by atoms with Crippen LogP contribution in [0.3, 0.4) is 0 Å². The van der Waals surface area contributed by atoms with Gasteiger partial charge in [0.05, 0.1) is 6.61 Å². The molecule has 4 nitrogen and oxygen atoms in total. The molecule has 0 radical (unpaired) electrons. The minimum atomic E-state index is -0.780. The first kappa shape index (κ1) is 14.2. The van der Waals surface area contributed by atoms with Crippen LogP contribution in [-0.4, -0.2) is 24.2 Å². The van der Waals surface area contributed by atoms with Crippen LogP contribution in [0.1, 0.15) is 18.5 Å². The highest BCUT2D eigenvalue weighted by Crippen LogP contribution is 2.21. The fourth-order valence-corrected chi connectivity index (χ4v) is 1.47. The second-order valence-corrected chi connectivity index (χ2v) is 3.59. The number of esters is 1. The van der Waals surface area contributed by atoms with Gasteiger partial charge in [0.15, 0.2) is 11.6 Å². The zero-order valence-electron chi connectivity index (χ0n) is 10.1. The standard InChI is InChI=1S/C13H16FNO3/c1-3-7-15-12(13(17)18-4-2)9-5-6-11(16)10(14)8-9/h3,5-6,8,12,15-16H,1,4,7H2,2H3. The second kappa shape index (κ2) is 6.76. The van der Waals surface area contributed by atoms with Gasteiger partial charge < -0.3 is 9.84 Å². The second-order valence-electron chi connectivity index (χ2n) is 3.59. The normalized spacial score (nSPS) is 11.9. The van der Waals surface area contributed by atoms with Crippen molar-refractivity contribution in [3.63, 3.8) is 0 Å². The van der Waals surface area contributed by atoms with Gasteiger partial charge in [-0.15, -0.1) is 6.58 Å². The summed E-state index contributed by atoms with van der Waals surface area (Å²) in [5.74, 6) is -1.73. The fraction of sp³-hybridized carbons (Fsp3) is 0.308. The van der Waals surface area contributed by atoms with E-state index < -0.39 is 23.6 Å². The Labute approximate surface area is 105 Å². The number of nitrogens with one attached hydrogen (secondary N) is 1. The van der Waals surface area contributed by atoms with E-state index in [2.05, 4.69) is 11.9 Å². The van der Waals surface area contributed by atoms with Crippen molar-refractivity contribution in [2.45, 2.75) is 13.0 Å². The van der Waals surface area contributed by atoms with E-state index in [1.807, 2.05) is 0 Å². The van der Waals surface area contributed by atoms with Gasteiger partial charge in [-0.1, -0.05) is 12.1 Å². The number of phenols is 1. The minimum absolute atomic E-state index is 0.242. The zero-order chi connectivity index (χ0) is 13.5. The van der Waals surface area contributed by atoms with Gasteiger partial charge in [0.1, 0.15) is 6.04 Å². The lowest BCUT2D eigenvalue weighted by atomic mass is 10.1. The van der Waals surface area contributed by atoms with E-state index >= 15 is 0 Å². The van der Waals surface area contributed by atoms with Crippen molar-refractivity contribution in [3.8, 4) is 5.75 Å². The molecule has 1 rings (SSSR count). The lowest BCUT2D eigenvalue weighted by Crippen LogP contribution is -2.30. The smallest absolute Gasteiger partial charge is 0.327 e. The minimum Gasteiger partial charge on any atom is -0.505 e. The summed E-state index contributed by atoms with van der Waals surface area (Å²) in [6.07, 6.45) is 1.59. The summed E-state index contributed by atoms with van der Waals surface area (Å²) in [6.45, 7) is 5.85. The summed E-state index contributed by atoms with van der Waals surface area (Å²) >= 11 is 0. The van der Waals surface area contributed by atoms with Crippen LogP contribution in [0.5, 0.6) is 5.75 Å². The molecule has 0 bridgehead atoms. The SMILES string of the molecule is C=CCNC(C(=O)OCC)c1ccc(O)c(F)c1. The van der Waals surface area contributed by atoms with E-state index in [0.717, 1.165) is 6.07 Å². The van der Waals surface area contributed by atoms with Crippen LogP contribution < -0.4 is 5.32 Å². The molecule has 0 spiro atoms. The maximum Gasteiger partial charge on any atom is 0.327 e. The number of ether oxygens (including phenoxy) is 1. The van der Waals surface area contributed by atoms with Gasteiger partial charge in [-0.25, -0.2) is 9.18 Å². The quantitative estimate of drug-likeness (QED) is 0.600. The largest absolute Gasteiger partial charge is 0.505 e. The number of carbonyl (C=O) groups excluding carboxylic acids is 1. The van der Waals surface area contributed by atoms with Gasteiger partial charge in [-0.2, -0.15) is 0 Å². The molecule has 98 valence electrons. The predicted octanol–water partition coefficient (Wildman–Crippen LogP) is 1.91. The molecule has 18 heavy (non-hydrogen) atoms. The number of rotatable bonds is 6. The van der Waals surface area contributed by atoms with E-state index in [1.165, 1.54) is 12.1 Å². The van der Waals surface area contributed by atoms with Crippen LogP contribution in [0.2, 0.25) is 0 Å². The number of hydrogen-bond donors (Lipinski definition) is 2. The summed E-state index contributed by atoms with van der Waals surface area (Å²) in [5, 5.41) is 12.0. The summed E-state index contributed by atoms with van der Waals surface area (Å²) < 4.78 is 18.2. The predicted molar refractivity (Wildman–Crippen MR) is 65.6 cm³/mol. The Bertz CT molecular complexity index is 434. The van der Waals surface area contributed by atoms with Gasteiger partial charge in [-0.05, 0) is 24.6 Å². The number of carbonyl (C=O) groups is 1. The van der Waals surface area contributed by atoms with Crippen molar-refractivity contribution >= 4 is 5.97 Å². The van der Waals surface area contributed by atoms with E-state index in [4.69, 9.17) is 9.84 Å². The zero-order valence-corrected chi connectivity index (χ0v) is 10.1. The summed E-state index contributed by atoms with van der Waals surface area (Å²) in [4.78, 5) is 11.7. The molecule has 0 aliphatic heterocycles. The molecule has 0 amide bonds. The topological polar surface area (TPSA) is 58.6 Å². The maximum atomic E-state index is 13.3. The van der Waals surface area contributed by atoms with Gasteiger partial charge in [0, 0.05) is 6.54 Å². The highest BCUT2D eigenvalue weighted by molar-refractivity contribution is 5.77. The number of hydrogen-bond acceptors (Lipinski definition) is 4. The van der Waals surface area contributed by atoms with Crippen LogP contribution in [0.25, 0.3) is 0 Å². The Hall–Kier alpha value is -1.88. The van der Waals surface area contributed by atoms with Gasteiger partial charge in [0.2, 0.25) is 0 Å². The third-order valence-electron chi connectivity index (χ3n) is 2.29. The Morgan fingerprint density at radius 3 is 2.94 bits per heavy atom. The van der Waals surface area contributed by atoms with Crippen LogP contribution in [0.4, 0.5) is 4.39 Å². The first-order chi connectivity index (χ1) is 8.60. The van der Waals surface area contributed by atoms with Crippen molar-refractivity contribution in [2.75, 3.05) is 13.2 Å². The molecule has 1 unspecified atom stereocenters. The van der Waals surface area contributed by atoms with Crippen molar-refractivity contribution in [1.29, 1.82) is 0 Å². The lowest BCUT2D eigenvalue weighted by molar-refractivity contribution is -0.145. The summed E-state index contributed by atoms with van der Waals surface area (Å²) in [7, 11) is 0. The van der Waals surface area contributed by atoms with Crippen molar-refractivity contribution < 1.29 is 19.0 Å². The van der Waals surface area contributed by atoms with Crippen LogP contribution in [0, 0.1) is 5.82 Å². The van der Waals surface area contributed by atoms with Gasteiger partial charge >= 0.3 is 5.97 Å². The third-order valence-corrected chi connectivity index (χ3v) is 2.29. The maximum absolute atomic E-state index is 13.3. The van der Waals surface area contributed by atoms with Crippen LogP contribution >= 0.6 is 0 Å².